The predicted octanol–water partition coefficient (Wildman–Crippen LogP) is 3.87. The lowest BCUT2D eigenvalue weighted by Gasteiger charge is -2.46. The van der Waals surface area contributed by atoms with Gasteiger partial charge < -0.3 is 4.74 Å². The van der Waals surface area contributed by atoms with E-state index in [0.29, 0.717) is 29.6 Å². The minimum Gasteiger partial charge on any atom is -0.455 e. The Hall–Kier alpha value is -2.51. The van der Waals surface area contributed by atoms with Gasteiger partial charge in [0.1, 0.15) is 5.60 Å². The Labute approximate surface area is 155 Å². The van der Waals surface area contributed by atoms with E-state index in [9.17, 15) is 25.0 Å². The quantitative estimate of drug-likeness (QED) is 0.343. The average molecular weight is 372 g/mol. The van der Waals surface area contributed by atoms with Crippen molar-refractivity contribution in [3.05, 3.63) is 44.0 Å². The van der Waals surface area contributed by atoms with Gasteiger partial charge in [-0.05, 0) is 62.2 Å². The average Bonchev–Trinajstić information content (AvgIpc) is 3.40. The van der Waals surface area contributed by atoms with Crippen molar-refractivity contribution in [2.75, 3.05) is 0 Å². The van der Waals surface area contributed by atoms with Crippen LogP contribution in [0.1, 0.15) is 48.9 Å². The first-order valence-electron chi connectivity index (χ1n) is 9.57. The SMILES string of the molecule is O=C(OC12C([C@@H]3CC[C@@H]1C3)[C@H]1CC[C@@H]2C1)c1cc([N+](=O)[O-])cc([N+](=O)[O-])c1. The molecule has 6 atom stereocenters. The number of hydrogen-bond acceptors (Lipinski definition) is 6. The van der Waals surface area contributed by atoms with E-state index in [-0.39, 0.29) is 5.56 Å². The molecule has 0 N–H and O–H groups in total. The molecule has 0 saturated heterocycles. The Morgan fingerprint density at radius 2 is 1.44 bits per heavy atom. The second-order valence-electron chi connectivity index (χ2n) is 8.56. The van der Waals surface area contributed by atoms with Crippen LogP contribution in [0.5, 0.6) is 0 Å². The standard InChI is InChI=1S/C19H20N2O6/c22-18(12-7-15(20(23)24)9-16(8-12)21(25)26)27-19-13-3-1-10(5-13)17(19)11-2-4-14(19)6-11/h7-11,13-14,17H,1-6H2/t10-,11+,13-,14-,17?,19?/m1/s1. The van der Waals surface area contributed by atoms with Crippen molar-refractivity contribution < 1.29 is 19.4 Å². The summed E-state index contributed by atoms with van der Waals surface area (Å²) in [7, 11) is 0. The molecule has 4 saturated carbocycles. The number of hydrogen-bond donors (Lipinski definition) is 0. The second-order valence-corrected chi connectivity index (χ2v) is 8.56. The summed E-state index contributed by atoms with van der Waals surface area (Å²) in [6.07, 6.45) is 6.71. The molecular formula is C19H20N2O6. The third kappa shape index (κ3) is 2.18. The highest BCUT2D eigenvalue weighted by molar-refractivity contribution is 5.91. The fourth-order valence-corrected chi connectivity index (χ4v) is 6.88. The van der Waals surface area contributed by atoms with Gasteiger partial charge in [0.15, 0.2) is 0 Å². The molecule has 0 radical (unpaired) electrons. The molecule has 142 valence electrons. The van der Waals surface area contributed by atoms with Gasteiger partial charge in [-0.3, -0.25) is 20.2 Å². The topological polar surface area (TPSA) is 113 Å². The number of nitro groups is 2. The van der Waals surface area contributed by atoms with Crippen LogP contribution in [0.25, 0.3) is 0 Å². The van der Waals surface area contributed by atoms with Crippen LogP contribution in [-0.4, -0.2) is 21.4 Å². The Bertz CT molecular complexity index is 814. The summed E-state index contributed by atoms with van der Waals surface area (Å²) < 4.78 is 6.16. The highest BCUT2D eigenvalue weighted by atomic mass is 16.6. The van der Waals surface area contributed by atoms with E-state index in [1.54, 1.807) is 0 Å². The van der Waals surface area contributed by atoms with Crippen molar-refractivity contribution in [3.63, 3.8) is 0 Å². The third-order valence-electron chi connectivity index (χ3n) is 7.59. The number of nitrogens with zero attached hydrogens (tertiary/aromatic N) is 2. The van der Waals surface area contributed by atoms with Crippen LogP contribution in [0.2, 0.25) is 0 Å². The number of rotatable bonds is 4. The highest BCUT2D eigenvalue weighted by Gasteiger charge is 2.71. The lowest BCUT2D eigenvalue weighted by molar-refractivity contribution is -0.394. The zero-order chi connectivity index (χ0) is 18.9. The Balaban J connectivity index is 1.50. The number of esters is 1. The van der Waals surface area contributed by atoms with Crippen LogP contribution < -0.4 is 0 Å². The fraction of sp³-hybridized carbons (Fsp3) is 0.632. The summed E-state index contributed by atoms with van der Waals surface area (Å²) >= 11 is 0. The van der Waals surface area contributed by atoms with Gasteiger partial charge >= 0.3 is 5.97 Å². The molecule has 0 spiro atoms. The summed E-state index contributed by atoms with van der Waals surface area (Å²) in [4.78, 5) is 33.8. The van der Waals surface area contributed by atoms with Gasteiger partial charge in [0.25, 0.3) is 11.4 Å². The number of fused-ring (bicyclic) bond motifs is 9. The Morgan fingerprint density at radius 1 is 0.926 bits per heavy atom. The number of benzene rings is 1. The zero-order valence-electron chi connectivity index (χ0n) is 14.7. The summed E-state index contributed by atoms with van der Waals surface area (Å²) in [6.45, 7) is 0. The van der Waals surface area contributed by atoms with Crippen molar-refractivity contribution in [2.24, 2.45) is 29.6 Å². The number of carbonyl (C=O) groups excluding carboxylic acids is 1. The molecule has 1 aromatic carbocycles. The molecule has 0 aliphatic heterocycles. The third-order valence-corrected chi connectivity index (χ3v) is 7.59. The number of ether oxygens (including phenoxy) is 1. The summed E-state index contributed by atoms with van der Waals surface area (Å²) in [5.74, 6) is 1.68. The first-order valence-corrected chi connectivity index (χ1v) is 9.57. The molecule has 0 amide bonds. The molecule has 2 unspecified atom stereocenters. The smallest absolute Gasteiger partial charge is 0.339 e. The fourth-order valence-electron chi connectivity index (χ4n) is 6.88. The maximum atomic E-state index is 13.0. The van der Waals surface area contributed by atoms with Gasteiger partial charge in [0.05, 0.1) is 21.5 Å². The van der Waals surface area contributed by atoms with Crippen LogP contribution in [-0.2, 0) is 4.74 Å². The van der Waals surface area contributed by atoms with E-state index in [1.165, 1.54) is 12.8 Å². The molecular weight excluding hydrogens is 352 g/mol. The lowest BCUT2D eigenvalue weighted by atomic mass is 9.67. The Morgan fingerprint density at radius 3 is 1.93 bits per heavy atom. The van der Waals surface area contributed by atoms with Crippen molar-refractivity contribution in [1.29, 1.82) is 0 Å². The second kappa shape index (κ2) is 5.50. The molecule has 1 aromatic rings. The normalized spacial score (nSPS) is 38.0. The first kappa shape index (κ1) is 16.6. The highest BCUT2D eigenvalue weighted by Crippen LogP contribution is 2.71. The van der Waals surface area contributed by atoms with E-state index in [2.05, 4.69) is 0 Å². The molecule has 0 aromatic heterocycles. The summed E-state index contributed by atoms with van der Waals surface area (Å²) in [5, 5.41) is 22.2. The van der Waals surface area contributed by atoms with Gasteiger partial charge in [0.2, 0.25) is 0 Å². The van der Waals surface area contributed by atoms with Crippen molar-refractivity contribution in [2.45, 2.75) is 44.1 Å². The van der Waals surface area contributed by atoms with E-state index in [4.69, 9.17) is 4.74 Å². The number of carbonyl (C=O) groups is 1. The molecule has 27 heavy (non-hydrogen) atoms. The van der Waals surface area contributed by atoms with Crippen LogP contribution in [0.15, 0.2) is 18.2 Å². The molecule has 5 rings (SSSR count). The number of non-ortho nitro benzene ring substituents is 2. The zero-order valence-corrected chi connectivity index (χ0v) is 14.7. The summed E-state index contributed by atoms with van der Waals surface area (Å²) in [6, 6.07) is 3.04. The van der Waals surface area contributed by atoms with E-state index < -0.39 is 32.8 Å². The molecule has 8 nitrogen and oxygen atoms in total. The van der Waals surface area contributed by atoms with Gasteiger partial charge in [-0.15, -0.1) is 0 Å². The van der Waals surface area contributed by atoms with Gasteiger partial charge in [-0.1, -0.05) is 0 Å². The minimum absolute atomic E-state index is 0.102. The predicted molar refractivity (Wildman–Crippen MR) is 93.0 cm³/mol. The van der Waals surface area contributed by atoms with E-state index in [0.717, 1.165) is 43.9 Å². The monoisotopic (exact) mass is 372 g/mol. The van der Waals surface area contributed by atoms with Crippen molar-refractivity contribution >= 4 is 17.3 Å². The first-order chi connectivity index (χ1) is 12.9. The van der Waals surface area contributed by atoms with Crippen LogP contribution in [0, 0.1) is 49.8 Å². The largest absolute Gasteiger partial charge is 0.455 e. The molecule has 4 fully saturated rings. The lowest BCUT2D eigenvalue weighted by Crippen LogP contribution is -2.51. The number of nitro benzene ring substituents is 2. The molecule has 8 heteroatoms. The van der Waals surface area contributed by atoms with Crippen LogP contribution in [0.4, 0.5) is 11.4 Å². The molecule has 4 bridgehead atoms. The van der Waals surface area contributed by atoms with Gasteiger partial charge in [-0.2, -0.15) is 0 Å². The maximum Gasteiger partial charge on any atom is 0.339 e. The molecule has 0 heterocycles. The summed E-state index contributed by atoms with van der Waals surface area (Å²) in [5.41, 5.74) is -1.49. The van der Waals surface area contributed by atoms with E-state index >= 15 is 0 Å². The molecule has 4 aliphatic rings. The van der Waals surface area contributed by atoms with Crippen LogP contribution in [0.3, 0.4) is 0 Å². The van der Waals surface area contributed by atoms with Gasteiger partial charge in [-0.25, -0.2) is 4.79 Å². The van der Waals surface area contributed by atoms with E-state index in [1.807, 2.05) is 0 Å². The minimum atomic E-state index is -0.722. The Kier molecular flexibility index (Phi) is 3.39. The van der Waals surface area contributed by atoms with Crippen molar-refractivity contribution in [3.8, 4) is 0 Å². The maximum absolute atomic E-state index is 13.0. The van der Waals surface area contributed by atoms with Crippen LogP contribution >= 0.6 is 0 Å². The molecule has 4 aliphatic carbocycles. The van der Waals surface area contributed by atoms with Gasteiger partial charge in [0, 0.05) is 18.1 Å². The van der Waals surface area contributed by atoms with Crippen molar-refractivity contribution in [1.82, 2.24) is 0 Å².